The van der Waals surface area contributed by atoms with Crippen LogP contribution >= 0.6 is 0 Å². The monoisotopic (exact) mass is 425 g/mol. The van der Waals surface area contributed by atoms with Gasteiger partial charge in [0, 0.05) is 12.3 Å². The Morgan fingerprint density at radius 1 is 1.00 bits per heavy atom. The molecule has 0 unspecified atom stereocenters. The summed E-state index contributed by atoms with van der Waals surface area (Å²) in [6, 6.07) is 15.9. The standard InChI is InChI=1S/C27H39NO3/c1-7-15-31-27(17-20(2)3,18-21(4)5)26(29)28-24-13-14-25(22(6)16-24)30-19-23-11-9-8-10-12-23/h8-14,16,20-21H,7,15,17-19H2,1-6H3,(H,28,29). The van der Waals surface area contributed by atoms with Crippen LogP contribution in [0.2, 0.25) is 0 Å². The summed E-state index contributed by atoms with van der Waals surface area (Å²) >= 11 is 0. The lowest BCUT2D eigenvalue weighted by molar-refractivity contribution is -0.147. The summed E-state index contributed by atoms with van der Waals surface area (Å²) in [5, 5.41) is 3.12. The summed E-state index contributed by atoms with van der Waals surface area (Å²) in [4.78, 5) is 13.5. The number of nitrogens with one attached hydrogen (secondary N) is 1. The summed E-state index contributed by atoms with van der Waals surface area (Å²) in [5.41, 5.74) is 2.07. The predicted molar refractivity (Wildman–Crippen MR) is 128 cm³/mol. The number of hydrogen-bond donors (Lipinski definition) is 1. The van der Waals surface area contributed by atoms with Crippen molar-refractivity contribution in [3.8, 4) is 5.75 Å². The first kappa shape index (κ1) is 24.9. The first-order valence-corrected chi connectivity index (χ1v) is 11.5. The van der Waals surface area contributed by atoms with Crippen LogP contribution in [0.1, 0.15) is 65.0 Å². The third-order valence-corrected chi connectivity index (χ3v) is 5.14. The fourth-order valence-electron chi connectivity index (χ4n) is 3.94. The van der Waals surface area contributed by atoms with Crippen LogP contribution < -0.4 is 10.1 Å². The molecular weight excluding hydrogens is 386 g/mol. The van der Waals surface area contributed by atoms with Gasteiger partial charge in [-0.2, -0.15) is 0 Å². The van der Waals surface area contributed by atoms with E-state index < -0.39 is 5.60 Å². The van der Waals surface area contributed by atoms with Gasteiger partial charge in [-0.1, -0.05) is 65.0 Å². The number of ether oxygens (including phenoxy) is 2. The number of amides is 1. The minimum absolute atomic E-state index is 0.0549. The fourth-order valence-corrected chi connectivity index (χ4v) is 3.94. The molecule has 0 bridgehead atoms. The Morgan fingerprint density at radius 3 is 2.19 bits per heavy atom. The highest BCUT2D eigenvalue weighted by Crippen LogP contribution is 2.32. The van der Waals surface area contributed by atoms with Gasteiger partial charge in [-0.15, -0.1) is 0 Å². The molecule has 170 valence electrons. The van der Waals surface area contributed by atoms with E-state index in [1.807, 2.05) is 55.5 Å². The quantitative estimate of drug-likeness (QED) is 0.408. The van der Waals surface area contributed by atoms with Crippen molar-refractivity contribution in [2.75, 3.05) is 11.9 Å². The van der Waals surface area contributed by atoms with Crippen molar-refractivity contribution in [3.05, 3.63) is 59.7 Å². The molecule has 0 aliphatic carbocycles. The summed E-state index contributed by atoms with van der Waals surface area (Å²) in [6.07, 6.45) is 2.29. The number of carbonyl (C=O) groups is 1. The van der Waals surface area contributed by atoms with Gasteiger partial charge in [0.1, 0.15) is 18.0 Å². The molecule has 4 nitrogen and oxygen atoms in total. The highest BCUT2D eigenvalue weighted by Gasteiger charge is 2.40. The normalized spacial score (nSPS) is 11.7. The number of benzene rings is 2. The Hall–Kier alpha value is -2.33. The Bertz CT molecular complexity index is 804. The third kappa shape index (κ3) is 7.70. The third-order valence-electron chi connectivity index (χ3n) is 5.14. The molecule has 31 heavy (non-hydrogen) atoms. The van der Waals surface area contributed by atoms with Crippen molar-refractivity contribution in [1.82, 2.24) is 0 Å². The molecule has 1 N–H and O–H groups in total. The predicted octanol–water partition coefficient (Wildman–Crippen LogP) is 6.77. The molecule has 0 spiro atoms. The Balaban J connectivity index is 2.15. The van der Waals surface area contributed by atoms with Crippen molar-refractivity contribution in [3.63, 3.8) is 0 Å². The molecule has 0 atom stereocenters. The van der Waals surface area contributed by atoms with Gasteiger partial charge >= 0.3 is 0 Å². The van der Waals surface area contributed by atoms with Crippen LogP contribution in [0, 0.1) is 18.8 Å². The minimum atomic E-state index is -0.811. The van der Waals surface area contributed by atoms with Crippen LogP contribution in [0.4, 0.5) is 5.69 Å². The maximum atomic E-state index is 13.5. The molecule has 0 aliphatic rings. The van der Waals surface area contributed by atoms with E-state index in [0.717, 1.165) is 29.0 Å². The molecule has 1 amide bonds. The molecule has 0 saturated heterocycles. The molecule has 2 aromatic carbocycles. The maximum Gasteiger partial charge on any atom is 0.256 e. The summed E-state index contributed by atoms with van der Waals surface area (Å²) in [7, 11) is 0. The van der Waals surface area contributed by atoms with Crippen LogP contribution in [0.15, 0.2) is 48.5 Å². The number of anilines is 1. The van der Waals surface area contributed by atoms with Crippen LogP contribution in [-0.4, -0.2) is 18.1 Å². The van der Waals surface area contributed by atoms with Crippen molar-refractivity contribution < 1.29 is 14.3 Å². The van der Waals surface area contributed by atoms with E-state index in [1.54, 1.807) is 0 Å². The zero-order chi connectivity index (χ0) is 22.9. The van der Waals surface area contributed by atoms with Crippen molar-refractivity contribution in [2.45, 2.75) is 73.0 Å². The van der Waals surface area contributed by atoms with E-state index >= 15 is 0 Å². The molecule has 0 aromatic heterocycles. The second-order valence-corrected chi connectivity index (χ2v) is 9.25. The average Bonchev–Trinajstić information content (AvgIpc) is 2.71. The molecule has 0 radical (unpaired) electrons. The molecule has 4 heteroatoms. The Labute approximate surface area is 188 Å². The number of hydrogen-bond acceptors (Lipinski definition) is 3. The molecule has 0 saturated carbocycles. The van der Waals surface area contributed by atoms with Gasteiger partial charge in [0.05, 0.1) is 0 Å². The van der Waals surface area contributed by atoms with Crippen molar-refractivity contribution in [2.24, 2.45) is 11.8 Å². The average molecular weight is 426 g/mol. The van der Waals surface area contributed by atoms with Gasteiger partial charge in [0.15, 0.2) is 0 Å². The highest BCUT2D eigenvalue weighted by molar-refractivity contribution is 5.97. The fraction of sp³-hybridized carbons (Fsp3) is 0.519. The summed E-state index contributed by atoms with van der Waals surface area (Å²) < 4.78 is 12.2. The zero-order valence-electron chi connectivity index (χ0n) is 20.0. The van der Waals surface area contributed by atoms with E-state index in [0.29, 0.717) is 37.9 Å². The van der Waals surface area contributed by atoms with E-state index in [1.165, 1.54) is 0 Å². The van der Waals surface area contributed by atoms with Crippen LogP contribution in [-0.2, 0) is 16.1 Å². The molecule has 0 heterocycles. The topological polar surface area (TPSA) is 47.6 Å². The van der Waals surface area contributed by atoms with E-state index in [2.05, 4.69) is 39.9 Å². The van der Waals surface area contributed by atoms with Crippen molar-refractivity contribution in [1.29, 1.82) is 0 Å². The van der Waals surface area contributed by atoms with E-state index in [-0.39, 0.29) is 5.91 Å². The summed E-state index contributed by atoms with van der Waals surface area (Å²) in [5.74, 6) is 1.48. The molecular formula is C27H39NO3. The number of aryl methyl sites for hydroxylation is 1. The molecule has 0 aliphatic heterocycles. The van der Waals surface area contributed by atoms with Gasteiger partial charge in [-0.05, 0) is 67.3 Å². The van der Waals surface area contributed by atoms with Crippen LogP contribution in [0.5, 0.6) is 5.75 Å². The first-order valence-electron chi connectivity index (χ1n) is 11.5. The first-order chi connectivity index (χ1) is 14.8. The summed E-state index contributed by atoms with van der Waals surface area (Å²) in [6.45, 7) is 13.7. The van der Waals surface area contributed by atoms with Gasteiger partial charge in [0.25, 0.3) is 5.91 Å². The van der Waals surface area contributed by atoms with Crippen LogP contribution in [0.3, 0.4) is 0 Å². The van der Waals surface area contributed by atoms with E-state index in [4.69, 9.17) is 9.47 Å². The number of carbonyl (C=O) groups excluding carboxylic acids is 1. The Kier molecular flexibility index (Phi) is 9.57. The van der Waals surface area contributed by atoms with Crippen LogP contribution in [0.25, 0.3) is 0 Å². The zero-order valence-corrected chi connectivity index (χ0v) is 20.0. The SMILES string of the molecule is CCCOC(CC(C)C)(CC(C)C)C(=O)Nc1ccc(OCc2ccccc2)c(C)c1. The minimum Gasteiger partial charge on any atom is -0.489 e. The second kappa shape index (κ2) is 11.9. The molecule has 2 aromatic rings. The van der Waals surface area contributed by atoms with Crippen molar-refractivity contribution >= 4 is 11.6 Å². The smallest absolute Gasteiger partial charge is 0.256 e. The Morgan fingerprint density at radius 2 is 1.65 bits per heavy atom. The van der Waals surface area contributed by atoms with Gasteiger partial charge < -0.3 is 14.8 Å². The van der Waals surface area contributed by atoms with Gasteiger partial charge in [0.2, 0.25) is 0 Å². The van der Waals surface area contributed by atoms with Gasteiger partial charge in [-0.3, -0.25) is 4.79 Å². The molecule has 0 fully saturated rings. The lowest BCUT2D eigenvalue weighted by Crippen LogP contribution is -2.47. The highest BCUT2D eigenvalue weighted by atomic mass is 16.5. The lowest BCUT2D eigenvalue weighted by Gasteiger charge is -2.35. The van der Waals surface area contributed by atoms with E-state index in [9.17, 15) is 4.79 Å². The largest absolute Gasteiger partial charge is 0.489 e. The second-order valence-electron chi connectivity index (χ2n) is 9.25. The number of rotatable bonds is 12. The maximum absolute atomic E-state index is 13.5. The van der Waals surface area contributed by atoms with Gasteiger partial charge in [-0.25, -0.2) is 0 Å². The molecule has 2 rings (SSSR count). The lowest BCUT2D eigenvalue weighted by atomic mass is 9.83.